The van der Waals surface area contributed by atoms with Crippen molar-refractivity contribution in [3.05, 3.63) is 70.8 Å². The Kier molecular flexibility index (Phi) is 7.13. The molecule has 4 aromatic rings. The summed E-state index contributed by atoms with van der Waals surface area (Å²) < 4.78 is 19.5. The van der Waals surface area contributed by atoms with Crippen molar-refractivity contribution >= 4 is 33.4 Å². The van der Waals surface area contributed by atoms with Crippen LogP contribution in [-0.2, 0) is 0 Å². The molecule has 1 fully saturated rings. The van der Waals surface area contributed by atoms with Gasteiger partial charge in [0.25, 0.3) is 0 Å². The Bertz CT molecular complexity index is 1380. The van der Waals surface area contributed by atoms with Crippen LogP contribution >= 0.6 is 15.9 Å². The molecule has 0 radical (unpaired) electrons. The molecule has 0 spiro atoms. The van der Waals surface area contributed by atoms with E-state index in [-0.39, 0.29) is 0 Å². The van der Waals surface area contributed by atoms with Gasteiger partial charge in [-0.25, -0.2) is 9.78 Å². The number of methoxy groups -OCH3 is 2. The number of aromatic nitrogens is 2. The average Bonchev–Trinajstić information content (AvgIpc) is 3.26. The highest BCUT2D eigenvalue weighted by Crippen LogP contribution is 2.37. The second-order valence-corrected chi connectivity index (χ2v) is 9.76. The summed E-state index contributed by atoms with van der Waals surface area (Å²) in [6.07, 6.45) is 8.07. The predicted octanol–water partition coefficient (Wildman–Crippen LogP) is 6.74. The molecule has 2 aromatic carbocycles. The van der Waals surface area contributed by atoms with Crippen molar-refractivity contribution in [2.45, 2.75) is 38.1 Å². The predicted molar refractivity (Wildman–Crippen MR) is 143 cm³/mol. The van der Waals surface area contributed by atoms with Crippen LogP contribution in [0.3, 0.4) is 0 Å². The molecule has 0 amide bonds. The van der Waals surface area contributed by atoms with Crippen molar-refractivity contribution in [3.63, 3.8) is 0 Å². The van der Waals surface area contributed by atoms with E-state index in [9.17, 15) is 4.79 Å². The summed E-state index contributed by atoms with van der Waals surface area (Å²) in [7, 11) is 3.14. The normalized spacial score (nSPS) is 14.0. The number of fused-ring (bicyclic) bond motifs is 1. The maximum Gasteiger partial charge on any atom is 0.343 e. The Balaban J connectivity index is 1.47. The Hall–Kier alpha value is -3.52. The average molecular weight is 550 g/mol. The highest BCUT2D eigenvalue weighted by atomic mass is 79.9. The Morgan fingerprint density at radius 3 is 2.47 bits per heavy atom. The van der Waals surface area contributed by atoms with Crippen LogP contribution in [0.25, 0.3) is 16.9 Å². The highest BCUT2D eigenvalue weighted by Gasteiger charge is 2.21. The minimum Gasteiger partial charge on any atom is -0.497 e. The number of nitrogens with zero attached hydrogens (tertiary/aromatic N) is 2. The lowest BCUT2D eigenvalue weighted by Gasteiger charge is -2.24. The molecule has 7 nitrogen and oxygen atoms in total. The number of rotatable bonds is 7. The fourth-order valence-corrected chi connectivity index (χ4v) is 4.92. The zero-order chi connectivity index (χ0) is 25.1. The van der Waals surface area contributed by atoms with E-state index in [0.29, 0.717) is 28.9 Å². The topological polar surface area (TPSA) is 74.1 Å². The second-order valence-electron chi connectivity index (χ2n) is 8.85. The number of hydrogen-bond donors (Lipinski definition) is 1. The number of benzene rings is 2. The van der Waals surface area contributed by atoms with Gasteiger partial charge in [-0.1, -0.05) is 19.3 Å². The van der Waals surface area contributed by atoms with E-state index >= 15 is 0 Å². The number of carbonyl (C=O) groups is 1. The molecule has 0 atom stereocenters. The SMILES string of the molecule is COc1ccc(C(=O)Oc2ccc(-c3nc4ccc(Br)cn4c3NC3CCCCC3)cc2OC)cc1. The molecule has 1 aliphatic rings. The maximum atomic E-state index is 12.7. The van der Waals surface area contributed by atoms with Crippen LogP contribution in [0.1, 0.15) is 42.5 Å². The van der Waals surface area contributed by atoms with Gasteiger partial charge < -0.3 is 19.5 Å². The van der Waals surface area contributed by atoms with Crippen LogP contribution in [0.4, 0.5) is 5.82 Å². The molecular formula is C28H28BrN3O4. The van der Waals surface area contributed by atoms with Crippen molar-refractivity contribution in [3.8, 4) is 28.5 Å². The maximum absolute atomic E-state index is 12.7. The summed E-state index contributed by atoms with van der Waals surface area (Å²) >= 11 is 3.59. The van der Waals surface area contributed by atoms with Gasteiger partial charge in [-0.15, -0.1) is 0 Å². The van der Waals surface area contributed by atoms with Crippen LogP contribution in [0.2, 0.25) is 0 Å². The van der Waals surface area contributed by atoms with E-state index in [1.165, 1.54) is 19.3 Å². The molecule has 1 aliphatic carbocycles. The summed E-state index contributed by atoms with van der Waals surface area (Å²) in [5, 5.41) is 3.76. The van der Waals surface area contributed by atoms with Crippen LogP contribution in [0.15, 0.2) is 65.3 Å². The smallest absolute Gasteiger partial charge is 0.343 e. The summed E-state index contributed by atoms with van der Waals surface area (Å²) in [6, 6.07) is 16.7. The third-order valence-electron chi connectivity index (χ3n) is 6.49. The fourth-order valence-electron chi connectivity index (χ4n) is 4.58. The molecule has 36 heavy (non-hydrogen) atoms. The minimum atomic E-state index is -0.471. The first kappa shape index (κ1) is 24.2. The lowest BCUT2D eigenvalue weighted by molar-refractivity contribution is 0.0729. The lowest BCUT2D eigenvalue weighted by atomic mass is 9.95. The van der Waals surface area contributed by atoms with Crippen LogP contribution in [0, 0.1) is 0 Å². The summed E-state index contributed by atoms with van der Waals surface area (Å²) in [5.41, 5.74) is 2.96. The second kappa shape index (κ2) is 10.6. The third-order valence-corrected chi connectivity index (χ3v) is 6.96. The largest absolute Gasteiger partial charge is 0.497 e. The van der Waals surface area contributed by atoms with E-state index in [1.807, 2.05) is 30.5 Å². The number of carbonyl (C=O) groups excluding carboxylic acids is 1. The molecule has 2 heterocycles. The van der Waals surface area contributed by atoms with Gasteiger partial charge in [-0.3, -0.25) is 4.40 Å². The molecule has 1 saturated carbocycles. The Morgan fingerprint density at radius 1 is 0.972 bits per heavy atom. The van der Waals surface area contributed by atoms with Gasteiger partial charge >= 0.3 is 5.97 Å². The fraction of sp³-hybridized carbons (Fsp3) is 0.286. The van der Waals surface area contributed by atoms with Crippen molar-refractivity contribution < 1.29 is 19.0 Å². The monoisotopic (exact) mass is 549 g/mol. The molecule has 5 rings (SSSR count). The van der Waals surface area contributed by atoms with E-state index in [4.69, 9.17) is 19.2 Å². The number of pyridine rings is 1. The number of halogens is 1. The zero-order valence-corrected chi connectivity index (χ0v) is 21.9. The van der Waals surface area contributed by atoms with E-state index < -0.39 is 5.97 Å². The molecule has 8 heteroatoms. The standard InChI is InChI=1S/C28H28BrN3O4/c1-34-22-12-8-18(9-13-22)28(33)36-23-14-10-19(16-24(23)35-2)26-27(30-21-6-4-3-5-7-21)32-17-20(29)11-15-25(32)31-26/h8-17,21,30H,3-7H2,1-2H3. The molecule has 0 aliphatic heterocycles. The minimum absolute atomic E-state index is 0.343. The lowest BCUT2D eigenvalue weighted by Crippen LogP contribution is -2.23. The van der Waals surface area contributed by atoms with Crippen LogP contribution in [-0.4, -0.2) is 35.6 Å². The number of nitrogens with one attached hydrogen (secondary N) is 1. The first-order valence-electron chi connectivity index (χ1n) is 12.0. The summed E-state index contributed by atoms with van der Waals surface area (Å²) in [5.74, 6) is 1.95. The molecule has 186 valence electrons. The first-order valence-corrected chi connectivity index (χ1v) is 12.8. The first-order chi connectivity index (χ1) is 17.6. The number of esters is 1. The molecule has 0 saturated heterocycles. The number of hydrogen-bond acceptors (Lipinski definition) is 6. The molecule has 0 unspecified atom stereocenters. The molecular weight excluding hydrogens is 522 g/mol. The molecule has 2 aromatic heterocycles. The van der Waals surface area contributed by atoms with Gasteiger partial charge in [0.15, 0.2) is 11.5 Å². The van der Waals surface area contributed by atoms with Crippen molar-refractivity contribution in [2.24, 2.45) is 0 Å². The van der Waals surface area contributed by atoms with Gasteiger partial charge in [0.2, 0.25) is 0 Å². The summed E-state index contributed by atoms with van der Waals surface area (Å²) in [4.78, 5) is 17.6. The molecule has 1 N–H and O–H groups in total. The van der Waals surface area contributed by atoms with Gasteiger partial charge in [-0.05, 0) is 83.4 Å². The number of ether oxygens (including phenoxy) is 3. The zero-order valence-electron chi connectivity index (χ0n) is 20.3. The van der Waals surface area contributed by atoms with Crippen molar-refractivity contribution in [1.82, 2.24) is 9.38 Å². The number of anilines is 1. The summed E-state index contributed by atoms with van der Waals surface area (Å²) in [6.45, 7) is 0. The Labute approximate surface area is 218 Å². The van der Waals surface area contributed by atoms with Gasteiger partial charge in [0.1, 0.15) is 22.9 Å². The van der Waals surface area contributed by atoms with E-state index in [1.54, 1.807) is 44.6 Å². The van der Waals surface area contributed by atoms with Crippen molar-refractivity contribution in [2.75, 3.05) is 19.5 Å². The van der Waals surface area contributed by atoms with E-state index in [0.717, 1.165) is 40.0 Å². The van der Waals surface area contributed by atoms with Gasteiger partial charge in [0.05, 0.1) is 19.8 Å². The van der Waals surface area contributed by atoms with Gasteiger partial charge in [0, 0.05) is 22.3 Å². The highest BCUT2D eigenvalue weighted by molar-refractivity contribution is 9.10. The van der Waals surface area contributed by atoms with Crippen LogP contribution < -0.4 is 19.5 Å². The molecule has 0 bridgehead atoms. The van der Waals surface area contributed by atoms with E-state index in [2.05, 4.69) is 25.6 Å². The number of imidazole rings is 1. The van der Waals surface area contributed by atoms with Crippen LogP contribution in [0.5, 0.6) is 17.2 Å². The quantitative estimate of drug-likeness (QED) is 0.203. The Morgan fingerprint density at radius 2 is 1.75 bits per heavy atom. The van der Waals surface area contributed by atoms with Crippen molar-refractivity contribution in [1.29, 1.82) is 0 Å². The van der Waals surface area contributed by atoms with Gasteiger partial charge in [-0.2, -0.15) is 0 Å². The third kappa shape index (κ3) is 5.04.